The van der Waals surface area contributed by atoms with Gasteiger partial charge in [0.1, 0.15) is 0 Å². The highest BCUT2D eigenvalue weighted by Gasteiger charge is 2.37. The van der Waals surface area contributed by atoms with Crippen molar-refractivity contribution < 1.29 is 0 Å². The second-order valence-electron chi connectivity index (χ2n) is 15.0. The Hall–Kier alpha value is -5.44. The SMILES string of the molecule is CC1(C)c2ccccc2-c2cc(N(c3ccc(-c4cccc5sc6ccccc6c45)cc3)c3ccc4c(c3)C(C)(C)c3ccccc3-4)ccc21. The van der Waals surface area contributed by atoms with Crippen LogP contribution in [0.3, 0.4) is 0 Å². The minimum absolute atomic E-state index is 0.0346. The summed E-state index contributed by atoms with van der Waals surface area (Å²) in [5.74, 6) is 0. The quantitative estimate of drug-likeness (QED) is 0.182. The van der Waals surface area contributed by atoms with Gasteiger partial charge in [0.2, 0.25) is 0 Å². The van der Waals surface area contributed by atoms with Crippen LogP contribution in [0.5, 0.6) is 0 Å². The predicted molar refractivity (Wildman–Crippen MR) is 215 cm³/mol. The van der Waals surface area contributed by atoms with Crippen LogP contribution in [0, 0.1) is 0 Å². The van der Waals surface area contributed by atoms with Crippen molar-refractivity contribution in [2.75, 3.05) is 4.90 Å². The Morgan fingerprint density at radius 1 is 0.400 bits per heavy atom. The Labute approximate surface area is 298 Å². The Morgan fingerprint density at radius 2 is 0.940 bits per heavy atom. The Bertz CT molecular complexity index is 2650. The number of nitrogens with zero attached hydrogens (tertiary/aromatic N) is 1. The summed E-state index contributed by atoms with van der Waals surface area (Å²) >= 11 is 1.87. The molecule has 0 spiro atoms. The highest BCUT2D eigenvalue weighted by atomic mass is 32.1. The van der Waals surface area contributed by atoms with Crippen molar-refractivity contribution in [3.8, 4) is 33.4 Å². The molecule has 2 aliphatic carbocycles. The van der Waals surface area contributed by atoms with Gasteiger partial charge < -0.3 is 4.90 Å². The van der Waals surface area contributed by atoms with Crippen molar-refractivity contribution in [3.05, 3.63) is 174 Å². The van der Waals surface area contributed by atoms with E-state index in [1.54, 1.807) is 0 Å². The molecule has 0 fully saturated rings. The summed E-state index contributed by atoms with van der Waals surface area (Å²) in [6, 6.07) is 56.8. The first-order valence-corrected chi connectivity index (χ1v) is 18.4. The van der Waals surface area contributed by atoms with E-state index in [0.717, 1.165) is 5.69 Å². The zero-order valence-electron chi connectivity index (χ0n) is 28.8. The number of thiophene rings is 1. The van der Waals surface area contributed by atoms with Crippen LogP contribution < -0.4 is 4.90 Å². The van der Waals surface area contributed by atoms with Gasteiger partial charge in [-0.2, -0.15) is 0 Å². The lowest BCUT2D eigenvalue weighted by Gasteiger charge is -2.29. The average Bonchev–Trinajstić information content (AvgIpc) is 3.72. The van der Waals surface area contributed by atoms with E-state index in [1.807, 2.05) is 11.3 Å². The van der Waals surface area contributed by atoms with Crippen molar-refractivity contribution in [1.29, 1.82) is 0 Å². The summed E-state index contributed by atoms with van der Waals surface area (Å²) in [6.07, 6.45) is 0. The lowest BCUT2D eigenvalue weighted by atomic mass is 9.82. The van der Waals surface area contributed by atoms with Crippen LogP contribution in [0.4, 0.5) is 17.1 Å². The molecule has 0 atom stereocenters. The standard InChI is InChI=1S/C48H37NS/c1-47(2)41-17-9-6-13-36(41)39-28-32(25-27-42(39)47)49(33-24-26-37-35-12-5-8-16-40(35)48(3,4)43(37)29-33)31-22-20-30(21-23-31)34-15-11-19-45-46(34)38-14-7-10-18-44(38)50-45/h5-29H,1-4H3. The molecule has 50 heavy (non-hydrogen) atoms. The normalized spacial score (nSPS) is 14.7. The smallest absolute Gasteiger partial charge is 0.0468 e. The molecular formula is C48H37NS. The fourth-order valence-electron chi connectivity index (χ4n) is 8.93. The van der Waals surface area contributed by atoms with Gasteiger partial charge in [0.05, 0.1) is 0 Å². The first-order valence-electron chi connectivity index (χ1n) is 17.6. The zero-order chi connectivity index (χ0) is 33.8. The molecule has 0 saturated carbocycles. The fraction of sp³-hybridized carbons (Fsp3) is 0.125. The van der Waals surface area contributed by atoms with Crippen LogP contribution in [-0.2, 0) is 10.8 Å². The van der Waals surface area contributed by atoms with Gasteiger partial charge in [0, 0.05) is 48.1 Å². The van der Waals surface area contributed by atoms with Crippen LogP contribution in [0.1, 0.15) is 49.9 Å². The second-order valence-corrected chi connectivity index (χ2v) is 16.0. The highest BCUT2D eigenvalue weighted by Crippen LogP contribution is 2.53. The minimum atomic E-state index is -0.0830. The molecule has 2 aliphatic rings. The Kier molecular flexibility index (Phi) is 6.21. The van der Waals surface area contributed by atoms with Crippen molar-refractivity contribution in [1.82, 2.24) is 0 Å². The van der Waals surface area contributed by atoms with Gasteiger partial charge in [0.25, 0.3) is 0 Å². The molecular weight excluding hydrogens is 623 g/mol. The van der Waals surface area contributed by atoms with Gasteiger partial charge in [-0.15, -0.1) is 11.3 Å². The van der Waals surface area contributed by atoms with Crippen LogP contribution in [0.25, 0.3) is 53.6 Å². The maximum absolute atomic E-state index is 2.46. The summed E-state index contributed by atoms with van der Waals surface area (Å²) in [5.41, 5.74) is 16.8. The molecule has 7 aromatic carbocycles. The largest absolute Gasteiger partial charge is 0.310 e. The Balaban J connectivity index is 1.15. The van der Waals surface area contributed by atoms with E-state index in [2.05, 4.69) is 184 Å². The highest BCUT2D eigenvalue weighted by molar-refractivity contribution is 7.25. The van der Waals surface area contributed by atoms with E-state index in [-0.39, 0.29) is 10.8 Å². The number of rotatable bonds is 4. The third-order valence-corrected chi connectivity index (χ3v) is 12.6. The summed E-state index contributed by atoms with van der Waals surface area (Å²) in [4.78, 5) is 2.46. The molecule has 0 amide bonds. The molecule has 0 saturated heterocycles. The van der Waals surface area contributed by atoms with Gasteiger partial charge in [-0.05, 0) is 104 Å². The van der Waals surface area contributed by atoms with Gasteiger partial charge in [-0.1, -0.05) is 131 Å². The maximum Gasteiger partial charge on any atom is 0.0468 e. The topological polar surface area (TPSA) is 3.24 Å². The van der Waals surface area contributed by atoms with Crippen LogP contribution in [0.2, 0.25) is 0 Å². The molecule has 1 aromatic heterocycles. The molecule has 0 unspecified atom stereocenters. The average molecular weight is 660 g/mol. The Morgan fingerprint density at radius 3 is 1.72 bits per heavy atom. The van der Waals surface area contributed by atoms with Gasteiger partial charge in [-0.3, -0.25) is 0 Å². The zero-order valence-corrected chi connectivity index (χ0v) is 29.6. The predicted octanol–water partition coefficient (Wildman–Crippen LogP) is 13.8. The molecule has 1 heterocycles. The van der Waals surface area contributed by atoms with E-state index in [4.69, 9.17) is 0 Å². The van der Waals surface area contributed by atoms with Gasteiger partial charge in [-0.25, -0.2) is 0 Å². The summed E-state index contributed by atoms with van der Waals surface area (Å²) in [5, 5.41) is 2.68. The van der Waals surface area contributed by atoms with E-state index in [0.29, 0.717) is 0 Å². The monoisotopic (exact) mass is 659 g/mol. The first-order chi connectivity index (χ1) is 24.3. The third kappa shape index (κ3) is 4.12. The number of anilines is 3. The third-order valence-electron chi connectivity index (χ3n) is 11.5. The molecule has 0 radical (unpaired) electrons. The second kappa shape index (κ2) is 10.5. The number of hydrogen-bond donors (Lipinski definition) is 0. The van der Waals surface area contributed by atoms with Crippen molar-refractivity contribution in [2.45, 2.75) is 38.5 Å². The van der Waals surface area contributed by atoms with Gasteiger partial charge in [0.15, 0.2) is 0 Å². The summed E-state index contributed by atoms with van der Waals surface area (Å²) in [7, 11) is 0. The van der Waals surface area contributed by atoms with Crippen molar-refractivity contribution >= 4 is 48.6 Å². The van der Waals surface area contributed by atoms with Crippen molar-refractivity contribution in [2.24, 2.45) is 0 Å². The molecule has 10 rings (SSSR count). The van der Waals surface area contributed by atoms with Crippen LogP contribution in [-0.4, -0.2) is 0 Å². The lowest BCUT2D eigenvalue weighted by molar-refractivity contribution is 0.660. The van der Waals surface area contributed by atoms with Crippen LogP contribution >= 0.6 is 11.3 Å². The molecule has 240 valence electrons. The maximum atomic E-state index is 2.46. The van der Waals surface area contributed by atoms with E-state index < -0.39 is 0 Å². The molecule has 1 nitrogen and oxygen atoms in total. The first kappa shape index (κ1) is 29.5. The van der Waals surface area contributed by atoms with E-state index >= 15 is 0 Å². The van der Waals surface area contributed by atoms with Gasteiger partial charge >= 0.3 is 0 Å². The molecule has 0 bridgehead atoms. The number of fused-ring (bicyclic) bond motifs is 9. The number of benzene rings is 7. The molecule has 8 aromatic rings. The minimum Gasteiger partial charge on any atom is -0.310 e. The van der Waals surface area contributed by atoms with Crippen LogP contribution in [0.15, 0.2) is 152 Å². The molecule has 2 heteroatoms. The molecule has 0 aliphatic heterocycles. The van der Waals surface area contributed by atoms with E-state index in [9.17, 15) is 0 Å². The summed E-state index contributed by atoms with van der Waals surface area (Å²) in [6.45, 7) is 9.43. The van der Waals surface area contributed by atoms with Crippen molar-refractivity contribution in [3.63, 3.8) is 0 Å². The fourth-order valence-corrected chi connectivity index (χ4v) is 10.1. The lowest BCUT2D eigenvalue weighted by Crippen LogP contribution is -2.17. The molecule has 0 N–H and O–H groups in total. The summed E-state index contributed by atoms with van der Waals surface area (Å²) < 4.78 is 2.67. The van der Waals surface area contributed by atoms with E-state index in [1.165, 1.54) is 87.2 Å². The number of hydrogen-bond acceptors (Lipinski definition) is 2.